The van der Waals surface area contributed by atoms with Gasteiger partial charge in [-0.3, -0.25) is 9.89 Å². The van der Waals surface area contributed by atoms with E-state index in [0.29, 0.717) is 6.54 Å². The van der Waals surface area contributed by atoms with Crippen LogP contribution in [0.4, 0.5) is 0 Å². The van der Waals surface area contributed by atoms with Gasteiger partial charge >= 0.3 is 0 Å². The van der Waals surface area contributed by atoms with Gasteiger partial charge in [-0.05, 0) is 17.7 Å². The Labute approximate surface area is 180 Å². The van der Waals surface area contributed by atoms with Crippen LogP contribution in [0.25, 0.3) is 0 Å². The fraction of sp³-hybridized carbons (Fsp3) is 0.632. The molecule has 1 aliphatic heterocycles. The molecule has 8 heteroatoms. The second-order valence-electron chi connectivity index (χ2n) is 6.71. The van der Waals surface area contributed by atoms with E-state index in [-0.39, 0.29) is 30.0 Å². The Morgan fingerprint density at radius 3 is 2.19 bits per heavy atom. The van der Waals surface area contributed by atoms with Crippen LogP contribution in [0, 0.1) is 0 Å². The zero-order chi connectivity index (χ0) is 19.1. The highest BCUT2D eigenvalue weighted by Gasteiger charge is 2.24. The second kappa shape index (κ2) is 11.6. The molecule has 1 fully saturated rings. The molecule has 0 saturated carbocycles. The van der Waals surface area contributed by atoms with Crippen molar-refractivity contribution in [3.05, 3.63) is 23.8 Å². The van der Waals surface area contributed by atoms with Gasteiger partial charge in [0.15, 0.2) is 17.5 Å². The van der Waals surface area contributed by atoms with E-state index >= 15 is 0 Å². The Balaban J connectivity index is 0.00000364. The molecule has 0 aromatic heterocycles. The summed E-state index contributed by atoms with van der Waals surface area (Å²) in [5.41, 5.74) is 1.17. The molecule has 0 N–H and O–H groups in total. The lowest BCUT2D eigenvalue weighted by molar-refractivity contribution is 0.0178. The Kier molecular flexibility index (Phi) is 10.2. The smallest absolute Gasteiger partial charge is 0.195 e. The zero-order valence-electron chi connectivity index (χ0n) is 17.3. The van der Waals surface area contributed by atoms with Gasteiger partial charge < -0.3 is 24.0 Å². The van der Waals surface area contributed by atoms with Gasteiger partial charge in [0, 0.05) is 41.3 Å². The minimum atomic E-state index is 0. The fourth-order valence-corrected chi connectivity index (χ4v) is 3.23. The van der Waals surface area contributed by atoms with Crippen LogP contribution in [0.2, 0.25) is 0 Å². The molecule has 0 radical (unpaired) electrons. The summed E-state index contributed by atoms with van der Waals surface area (Å²) < 4.78 is 16.4. The van der Waals surface area contributed by atoms with Crippen LogP contribution in [-0.4, -0.2) is 95.9 Å². The van der Waals surface area contributed by atoms with Gasteiger partial charge in [-0.1, -0.05) is 6.07 Å². The van der Waals surface area contributed by atoms with Gasteiger partial charge in [-0.2, -0.15) is 0 Å². The maximum atomic E-state index is 5.53. The van der Waals surface area contributed by atoms with Gasteiger partial charge in [0.05, 0.1) is 40.0 Å². The van der Waals surface area contributed by atoms with E-state index in [9.17, 15) is 0 Å². The number of halogens is 1. The van der Waals surface area contributed by atoms with Crippen LogP contribution in [-0.2, 0) is 4.74 Å². The molecular weight excluding hydrogens is 459 g/mol. The van der Waals surface area contributed by atoms with Crippen LogP contribution in [0.3, 0.4) is 0 Å². The van der Waals surface area contributed by atoms with Crippen molar-refractivity contribution in [2.45, 2.75) is 6.04 Å². The molecular formula is C19H33IN4O3. The van der Waals surface area contributed by atoms with Crippen LogP contribution in [0.1, 0.15) is 11.6 Å². The first-order valence-electron chi connectivity index (χ1n) is 8.90. The van der Waals surface area contributed by atoms with Gasteiger partial charge in [0.1, 0.15) is 0 Å². The molecule has 27 heavy (non-hydrogen) atoms. The van der Waals surface area contributed by atoms with E-state index in [1.165, 1.54) is 5.56 Å². The topological polar surface area (TPSA) is 49.8 Å². The Bertz CT molecular complexity index is 595. The molecule has 7 nitrogen and oxygen atoms in total. The average Bonchev–Trinajstić information content (AvgIpc) is 2.64. The number of guanidine groups is 1. The van der Waals surface area contributed by atoms with Crippen LogP contribution < -0.4 is 9.47 Å². The SMILES string of the molecule is COc1ccc(C(CN=C(N(C)C)N(C)C)N2CCOCC2)cc1OC.I. The average molecular weight is 492 g/mol. The van der Waals surface area contributed by atoms with Crippen molar-refractivity contribution in [3.8, 4) is 11.5 Å². The Morgan fingerprint density at radius 1 is 1.07 bits per heavy atom. The molecule has 154 valence electrons. The molecule has 2 rings (SSSR count). The highest BCUT2D eigenvalue weighted by molar-refractivity contribution is 14.0. The number of hydrogen-bond acceptors (Lipinski definition) is 5. The van der Waals surface area contributed by atoms with Crippen molar-refractivity contribution in [2.24, 2.45) is 4.99 Å². The monoisotopic (exact) mass is 492 g/mol. The molecule has 1 aliphatic rings. The minimum absolute atomic E-state index is 0. The summed E-state index contributed by atoms with van der Waals surface area (Å²) in [6.07, 6.45) is 0. The third kappa shape index (κ3) is 6.39. The lowest BCUT2D eigenvalue weighted by Gasteiger charge is -2.34. The predicted octanol–water partition coefficient (Wildman–Crippen LogP) is 2.17. The van der Waals surface area contributed by atoms with E-state index in [1.54, 1.807) is 14.2 Å². The maximum Gasteiger partial charge on any atom is 0.195 e. The molecule has 0 spiro atoms. The van der Waals surface area contributed by atoms with Gasteiger partial charge in [0.2, 0.25) is 0 Å². The van der Waals surface area contributed by atoms with Crippen molar-refractivity contribution < 1.29 is 14.2 Å². The van der Waals surface area contributed by atoms with Crippen molar-refractivity contribution in [1.29, 1.82) is 0 Å². The van der Waals surface area contributed by atoms with Crippen molar-refractivity contribution in [3.63, 3.8) is 0 Å². The summed E-state index contributed by atoms with van der Waals surface area (Å²) in [5, 5.41) is 0. The summed E-state index contributed by atoms with van der Waals surface area (Å²) in [7, 11) is 11.4. The number of nitrogens with zero attached hydrogens (tertiary/aromatic N) is 4. The summed E-state index contributed by atoms with van der Waals surface area (Å²) in [5.74, 6) is 2.43. The normalized spacial score (nSPS) is 15.3. The molecule has 1 aromatic rings. The molecule has 1 atom stereocenters. The quantitative estimate of drug-likeness (QED) is 0.345. The van der Waals surface area contributed by atoms with Crippen LogP contribution in [0.15, 0.2) is 23.2 Å². The highest BCUT2D eigenvalue weighted by atomic mass is 127. The second-order valence-corrected chi connectivity index (χ2v) is 6.71. The third-order valence-corrected chi connectivity index (χ3v) is 4.48. The first kappa shape index (κ1) is 23.8. The summed E-state index contributed by atoms with van der Waals surface area (Å²) in [6.45, 7) is 3.96. The molecule has 1 heterocycles. The lowest BCUT2D eigenvalue weighted by Crippen LogP contribution is -2.41. The molecule has 1 saturated heterocycles. The number of rotatable bonds is 6. The molecule has 0 aliphatic carbocycles. The van der Waals surface area contributed by atoms with Crippen molar-refractivity contribution >= 4 is 29.9 Å². The first-order chi connectivity index (χ1) is 12.5. The van der Waals surface area contributed by atoms with Crippen molar-refractivity contribution in [2.75, 3.05) is 75.3 Å². The molecule has 0 bridgehead atoms. The zero-order valence-corrected chi connectivity index (χ0v) is 19.6. The number of morpholine rings is 1. The van der Waals surface area contributed by atoms with Gasteiger partial charge in [-0.25, -0.2) is 0 Å². The lowest BCUT2D eigenvalue weighted by atomic mass is 10.0. The van der Waals surface area contributed by atoms with E-state index in [4.69, 9.17) is 19.2 Å². The number of benzene rings is 1. The Hall–Kier alpha value is -1.26. The van der Waals surface area contributed by atoms with E-state index in [1.807, 2.05) is 44.1 Å². The van der Waals surface area contributed by atoms with Crippen LogP contribution in [0.5, 0.6) is 11.5 Å². The van der Waals surface area contributed by atoms with Gasteiger partial charge in [-0.15, -0.1) is 24.0 Å². The van der Waals surface area contributed by atoms with Gasteiger partial charge in [0.25, 0.3) is 0 Å². The summed E-state index contributed by atoms with van der Waals surface area (Å²) in [4.78, 5) is 11.4. The Morgan fingerprint density at radius 2 is 1.67 bits per heavy atom. The number of ether oxygens (including phenoxy) is 3. The highest BCUT2D eigenvalue weighted by Crippen LogP contribution is 2.32. The van der Waals surface area contributed by atoms with Crippen molar-refractivity contribution in [1.82, 2.24) is 14.7 Å². The van der Waals surface area contributed by atoms with Crippen LogP contribution >= 0.6 is 24.0 Å². The van der Waals surface area contributed by atoms with E-state index in [2.05, 4.69) is 17.0 Å². The number of aliphatic imine (C=N–C) groups is 1. The third-order valence-electron chi connectivity index (χ3n) is 4.48. The standard InChI is InChI=1S/C19H32N4O3.HI/c1-21(2)19(22(3)4)20-14-16(23-9-11-26-12-10-23)15-7-8-17(24-5)18(13-15)25-6;/h7-8,13,16H,9-12,14H2,1-6H3;1H. The number of methoxy groups -OCH3 is 2. The molecule has 1 unspecified atom stereocenters. The van der Waals surface area contributed by atoms with E-state index in [0.717, 1.165) is 43.8 Å². The largest absolute Gasteiger partial charge is 0.493 e. The first-order valence-corrected chi connectivity index (χ1v) is 8.90. The molecule has 0 amide bonds. The summed E-state index contributed by atoms with van der Waals surface area (Å²) >= 11 is 0. The predicted molar refractivity (Wildman–Crippen MR) is 120 cm³/mol. The fourth-order valence-electron chi connectivity index (χ4n) is 3.23. The number of hydrogen-bond donors (Lipinski definition) is 0. The maximum absolute atomic E-state index is 5.53. The minimum Gasteiger partial charge on any atom is -0.493 e. The molecule has 1 aromatic carbocycles. The summed E-state index contributed by atoms with van der Waals surface area (Å²) in [6, 6.07) is 6.28. The van der Waals surface area contributed by atoms with E-state index < -0.39 is 0 Å².